The molecule has 0 fully saturated rings. The maximum absolute atomic E-state index is 13.2. The third-order valence-electron chi connectivity index (χ3n) is 2.07. The van der Waals surface area contributed by atoms with E-state index < -0.39 is 21.6 Å². The van der Waals surface area contributed by atoms with Crippen LogP contribution in [0.2, 0.25) is 0 Å². The van der Waals surface area contributed by atoms with Crippen LogP contribution in [-0.2, 0) is 20.2 Å². The van der Waals surface area contributed by atoms with Gasteiger partial charge in [0.15, 0.2) is 0 Å². The molecule has 0 aliphatic heterocycles. The Bertz CT molecular complexity index is 542. The summed E-state index contributed by atoms with van der Waals surface area (Å²) in [7, 11) is -2.76. The molecular weight excluding hydrogens is 257 g/mol. The Hall–Kier alpha value is -1.43. The van der Waals surface area contributed by atoms with Crippen LogP contribution in [0.3, 0.4) is 0 Å². The van der Waals surface area contributed by atoms with E-state index in [-0.39, 0.29) is 12.4 Å². The van der Waals surface area contributed by atoms with Gasteiger partial charge in [-0.05, 0) is 37.1 Å². The lowest BCUT2D eigenvalue weighted by Gasteiger charge is -2.05. The minimum absolute atomic E-state index is 0.0183. The minimum Gasteiger partial charge on any atom is -0.448 e. The topological polar surface area (TPSA) is 55.7 Å². The van der Waals surface area contributed by atoms with Gasteiger partial charge < -0.3 is 4.74 Å². The van der Waals surface area contributed by atoms with E-state index in [9.17, 15) is 13.4 Å². The smallest absolute Gasteiger partial charge is 0.441 e. The van der Waals surface area contributed by atoms with Gasteiger partial charge in [-0.15, -0.1) is 4.36 Å². The summed E-state index contributed by atoms with van der Waals surface area (Å²) < 4.78 is 33.3. The van der Waals surface area contributed by atoms with Gasteiger partial charge in [0.25, 0.3) is 0 Å². The minimum atomic E-state index is -2.76. The molecule has 4 nitrogen and oxygen atoms in total. The van der Waals surface area contributed by atoms with E-state index >= 15 is 0 Å². The molecule has 0 bridgehead atoms. The molecule has 0 saturated carbocycles. The van der Waals surface area contributed by atoms with Gasteiger partial charge in [0.1, 0.15) is 5.82 Å². The number of hydrogen-bond acceptors (Lipinski definition) is 3. The van der Waals surface area contributed by atoms with Gasteiger partial charge in [-0.3, -0.25) is 0 Å². The predicted octanol–water partition coefficient (Wildman–Crippen LogP) is 2.89. The fourth-order valence-corrected chi connectivity index (χ4v) is 2.76. The van der Waals surface area contributed by atoms with Crippen LogP contribution in [0.5, 0.6) is 0 Å². The summed E-state index contributed by atoms with van der Waals surface area (Å²) in [5, 5.41) is 0. The summed E-state index contributed by atoms with van der Waals surface area (Å²) in [5.74, 6) is -0.374. The molecule has 0 aliphatic carbocycles. The van der Waals surface area contributed by atoms with Gasteiger partial charge in [0.05, 0.1) is 22.1 Å². The zero-order chi connectivity index (χ0) is 13.8. The van der Waals surface area contributed by atoms with E-state index in [1.807, 2.05) is 0 Å². The Balaban J connectivity index is 2.95. The predicted molar refractivity (Wildman–Crippen MR) is 68.4 cm³/mol. The Kier molecular flexibility index (Phi) is 4.84. The third kappa shape index (κ3) is 4.83. The molecule has 0 saturated heterocycles. The highest BCUT2D eigenvalue weighted by Crippen LogP contribution is 2.12. The number of rotatable bonds is 3. The zero-order valence-corrected chi connectivity index (χ0v) is 11.4. The summed E-state index contributed by atoms with van der Waals surface area (Å²) in [6, 6.07) is 4.38. The van der Waals surface area contributed by atoms with Gasteiger partial charge >= 0.3 is 6.09 Å². The van der Waals surface area contributed by atoms with Gasteiger partial charge in [-0.25, -0.2) is 13.4 Å². The van der Waals surface area contributed by atoms with E-state index in [2.05, 4.69) is 9.10 Å². The largest absolute Gasteiger partial charge is 0.448 e. The second-order valence-corrected chi connectivity index (χ2v) is 6.42. The number of amides is 1. The average Bonchev–Trinajstić information content (AvgIpc) is 2.13. The first kappa shape index (κ1) is 14.6. The number of hydrogen-bond donors (Lipinski definition) is 0. The van der Waals surface area contributed by atoms with Crippen LogP contribution < -0.4 is 0 Å². The highest BCUT2D eigenvalue weighted by atomic mass is 32.2. The summed E-state index contributed by atoms with van der Waals surface area (Å²) in [6.07, 6.45) is 0.502. The van der Waals surface area contributed by atoms with Crippen LogP contribution in [0.15, 0.2) is 22.6 Å². The number of benzene rings is 1. The first-order valence-electron chi connectivity index (χ1n) is 5.45. The molecule has 0 spiro atoms. The van der Waals surface area contributed by atoms with Gasteiger partial charge in [0, 0.05) is 6.26 Å². The van der Waals surface area contributed by atoms with Gasteiger partial charge in [0.2, 0.25) is 0 Å². The molecule has 0 radical (unpaired) electrons. The van der Waals surface area contributed by atoms with Crippen LogP contribution in [-0.4, -0.2) is 23.2 Å². The third-order valence-corrected chi connectivity index (χ3v) is 3.48. The monoisotopic (exact) mass is 273 g/mol. The lowest BCUT2D eigenvalue weighted by molar-refractivity contribution is 0.164. The van der Waals surface area contributed by atoms with Crippen molar-refractivity contribution < 1.29 is 18.1 Å². The Labute approximate surface area is 106 Å². The van der Waals surface area contributed by atoms with Crippen molar-refractivity contribution in [2.24, 2.45) is 4.36 Å². The van der Waals surface area contributed by atoms with Gasteiger partial charge in [-0.2, -0.15) is 0 Å². The molecule has 1 unspecified atom stereocenters. The van der Waals surface area contributed by atoms with Crippen molar-refractivity contribution in [3.8, 4) is 0 Å². The molecule has 6 heteroatoms. The van der Waals surface area contributed by atoms with Crippen molar-refractivity contribution in [1.82, 2.24) is 0 Å². The molecule has 1 aromatic rings. The normalized spacial score (nSPS) is 13.8. The molecule has 0 heterocycles. The Morgan fingerprint density at radius 3 is 2.67 bits per heavy atom. The number of aryl methyl sites for hydroxylation is 1. The van der Waals surface area contributed by atoms with Crippen molar-refractivity contribution in [1.29, 1.82) is 0 Å². The van der Waals surface area contributed by atoms with Crippen LogP contribution in [0.1, 0.15) is 18.1 Å². The molecule has 0 N–H and O–H groups in total. The Morgan fingerprint density at radius 2 is 2.11 bits per heavy atom. The summed E-state index contributed by atoms with van der Waals surface area (Å²) in [4.78, 5) is 11.1. The van der Waals surface area contributed by atoms with Gasteiger partial charge in [-0.1, -0.05) is 6.07 Å². The van der Waals surface area contributed by atoms with Crippen LogP contribution >= 0.6 is 0 Å². The fraction of sp³-hybridized carbons (Fsp3) is 0.417. The highest BCUT2D eigenvalue weighted by Gasteiger charge is 2.09. The summed E-state index contributed by atoms with van der Waals surface area (Å²) in [6.45, 7) is 3.56. The van der Waals surface area contributed by atoms with Crippen LogP contribution in [0.25, 0.3) is 0 Å². The number of ether oxygens (including phenoxy) is 1. The van der Waals surface area contributed by atoms with Crippen molar-refractivity contribution >= 4 is 15.8 Å². The molecule has 1 atom stereocenters. The van der Waals surface area contributed by atoms with Crippen molar-refractivity contribution in [2.45, 2.75) is 19.6 Å². The van der Waals surface area contributed by atoms with Crippen LogP contribution in [0.4, 0.5) is 9.18 Å². The van der Waals surface area contributed by atoms with E-state index in [1.54, 1.807) is 19.9 Å². The lowest BCUT2D eigenvalue weighted by atomic mass is 10.1. The SMILES string of the molecule is CCOC(=O)N=S(C)(=O)Cc1cc(C)cc(F)c1. The van der Waals surface area contributed by atoms with E-state index in [0.717, 1.165) is 5.56 Å². The van der Waals surface area contributed by atoms with Crippen molar-refractivity contribution in [3.63, 3.8) is 0 Å². The zero-order valence-electron chi connectivity index (χ0n) is 10.6. The second kappa shape index (κ2) is 5.95. The lowest BCUT2D eigenvalue weighted by Crippen LogP contribution is -2.07. The number of carbonyl (C=O) groups excluding carboxylic acids is 1. The molecule has 1 amide bonds. The van der Waals surface area contributed by atoms with E-state index in [1.165, 1.54) is 18.4 Å². The second-order valence-electron chi connectivity index (χ2n) is 4.03. The fourth-order valence-electron chi connectivity index (χ4n) is 1.54. The van der Waals surface area contributed by atoms with E-state index in [4.69, 9.17) is 0 Å². The highest BCUT2D eigenvalue weighted by molar-refractivity contribution is 7.92. The molecular formula is C12H16FNO3S. The molecule has 1 aromatic carbocycles. The van der Waals surface area contributed by atoms with E-state index in [0.29, 0.717) is 5.56 Å². The molecule has 18 heavy (non-hydrogen) atoms. The maximum atomic E-state index is 13.2. The standard InChI is InChI=1S/C12H16FNO3S/c1-4-17-12(15)14-18(3,16)8-10-5-9(2)6-11(13)7-10/h5-7H,4,8H2,1-3H3. The van der Waals surface area contributed by atoms with Crippen molar-refractivity contribution in [3.05, 3.63) is 35.1 Å². The maximum Gasteiger partial charge on any atom is 0.441 e. The number of carbonyl (C=O) groups is 1. The molecule has 1 rings (SSSR count). The van der Waals surface area contributed by atoms with Crippen molar-refractivity contribution in [2.75, 3.05) is 12.9 Å². The average molecular weight is 273 g/mol. The van der Waals surface area contributed by atoms with Crippen LogP contribution in [0, 0.1) is 12.7 Å². The first-order valence-corrected chi connectivity index (χ1v) is 7.54. The molecule has 0 aliphatic rings. The first-order chi connectivity index (χ1) is 8.32. The number of halogens is 1. The quantitative estimate of drug-likeness (QED) is 0.850. The Morgan fingerprint density at radius 1 is 1.44 bits per heavy atom. The molecule has 100 valence electrons. The summed E-state index contributed by atoms with van der Waals surface area (Å²) in [5.41, 5.74) is 1.28. The number of nitrogens with zero attached hydrogens (tertiary/aromatic N) is 1. The summed E-state index contributed by atoms with van der Waals surface area (Å²) >= 11 is 0. The molecule has 0 aromatic heterocycles.